The molecule has 0 bridgehead atoms. The number of hydrogen-bond acceptors (Lipinski definition) is 21. The van der Waals surface area contributed by atoms with Crippen LogP contribution in [-0.4, -0.2) is 134 Å². The van der Waals surface area contributed by atoms with Gasteiger partial charge < -0.3 is 35.6 Å². The van der Waals surface area contributed by atoms with Crippen molar-refractivity contribution in [3.8, 4) is 67.5 Å². The highest BCUT2D eigenvalue weighted by atomic mass is 35.5. The van der Waals surface area contributed by atoms with Crippen molar-refractivity contribution in [2.75, 3.05) is 5.73 Å². The number of carbonyl (C=O) groups excluding carboxylic acids is 12. The number of nitrogen functional groups attached to an aromatic ring is 1. The number of nitro benzene ring substituents is 1. The Labute approximate surface area is 682 Å². The van der Waals surface area contributed by atoms with Gasteiger partial charge in [-0.05, 0) is 60.2 Å². The Morgan fingerprint density at radius 3 is 1.12 bits per heavy atom. The van der Waals surface area contributed by atoms with Crippen LogP contribution in [0.15, 0.2) is 158 Å². The van der Waals surface area contributed by atoms with E-state index in [1.165, 1.54) is 24.3 Å². The number of ketones is 12. The number of nitro groups is 1. The fourth-order valence-corrected chi connectivity index (χ4v) is 14.6. The largest absolute Gasteiger partial charge is 0.399 e. The third-order valence-electron chi connectivity index (χ3n) is 20.5. The normalized spacial score (nSPS) is 14.1. The first-order chi connectivity index (χ1) is 56.7. The number of nitrogens with one attached hydrogen (secondary N) is 6. The van der Waals surface area contributed by atoms with Gasteiger partial charge in [-0.3, -0.25) is 67.6 Å². The molecule has 7 aliphatic carbocycles. The molecule has 119 heavy (non-hydrogen) atoms. The lowest BCUT2D eigenvalue weighted by Gasteiger charge is -2.15. The number of imidazole rings is 6. The van der Waals surface area contributed by atoms with Crippen LogP contribution in [0.25, 0.3) is 67.5 Å². The van der Waals surface area contributed by atoms with Gasteiger partial charge in [0.1, 0.15) is 103 Å². The van der Waals surface area contributed by atoms with Crippen LogP contribution >= 0.6 is 11.6 Å². The molecular weight excluding hydrogens is 1540 g/mol. The number of anilines is 1. The minimum Gasteiger partial charge on any atom is -0.399 e. The number of H-pyrrole nitrogens is 6. The molecule has 28 nitrogen and oxygen atoms in total. The van der Waals surface area contributed by atoms with Gasteiger partial charge in [-0.25, -0.2) is 29.9 Å². The maximum atomic E-state index is 12.2. The van der Waals surface area contributed by atoms with Gasteiger partial charge in [-0.15, -0.1) is 0 Å². The molecule has 0 amide bonds. The van der Waals surface area contributed by atoms with Crippen molar-refractivity contribution in [1.29, 1.82) is 0 Å². The number of fused-ring (bicyclic) bond motifs is 18. The summed E-state index contributed by atoms with van der Waals surface area (Å²) in [6.07, 6.45) is 3.54. The summed E-state index contributed by atoms with van der Waals surface area (Å²) in [5.74, 6) is -1.37. The zero-order chi connectivity index (χ0) is 84.6. The van der Waals surface area contributed by atoms with Crippen molar-refractivity contribution in [3.05, 3.63) is 281 Å². The molecule has 8 N–H and O–H groups in total. The van der Waals surface area contributed by atoms with Crippen LogP contribution in [0.4, 0.5) is 11.4 Å². The van der Waals surface area contributed by atoms with E-state index in [4.69, 9.17) is 17.3 Å². The molecule has 0 aliphatic heterocycles. The Morgan fingerprint density at radius 1 is 0.378 bits per heavy atom. The summed E-state index contributed by atoms with van der Waals surface area (Å²) in [5, 5.41) is 11.2. The van der Waals surface area contributed by atoms with E-state index in [-0.39, 0.29) is 51.5 Å². The fourth-order valence-electron chi connectivity index (χ4n) is 14.4. The summed E-state index contributed by atoms with van der Waals surface area (Å²) in [4.78, 5) is 200. The van der Waals surface area contributed by atoms with Crippen molar-refractivity contribution in [1.82, 2.24) is 59.8 Å². The molecule has 0 unspecified atom stereocenters. The standard InChI is InChI=1S/C18H12N2O2.C16H16N2O2.C14H11ClN2O2.C14H11N3O4.C14H13N3O2.C14H10N2O2/c21-17-13-9-5-4-8-12(13)15-16(18(17)22)20-14(19-15)10-11-6-2-1-3-7-11;1-16(2,3)8-11-17-12-9-6-4-5-7-10(9)14(19)15(20)13(12)18-11;1-6(2)14-16-10-8-4-3-7(15)5-9(8)12(18)13(19)11(10)17-14;1-6(2)14-15-10-8-4-3-7(17(20)21)5-9(8)12(18)13(19)11(10)16-14;1-6(2)14-16-10-8-4-3-7(15)5-9(8)12(18)13(19)11(10)17-14;17-12-9-4-2-1-3-8(9)10-11(13(12)18)16-14(15-10)7-5-6-7/h1-9H,10H2,(H,19,20);4-7H,8H2,1-3H3,(H,17,18);3-6H,1-2H3,(H,16,17);3-6H,1-2H3,(H,15,16);3-6H,15H2,1-2H3,(H,16,17);1-4,7H,5-6H2,(H,15,16). The maximum Gasteiger partial charge on any atom is 0.270 e. The van der Waals surface area contributed by atoms with Gasteiger partial charge in [0.25, 0.3) is 40.4 Å². The first-order valence-corrected chi connectivity index (χ1v) is 38.5. The Hall–Kier alpha value is -14.7. The molecule has 594 valence electrons. The minimum absolute atomic E-state index is 0.0310. The average molecular weight is 1610 g/mol. The summed E-state index contributed by atoms with van der Waals surface area (Å²) in [6, 6.07) is 45.0. The first kappa shape index (κ1) is 79.6. The molecular formula is C90H73ClN14O14. The molecule has 7 aliphatic rings. The zero-order valence-electron chi connectivity index (χ0n) is 65.5. The number of nitrogens with two attached hydrogens (primary N) is 1. The molecule has 0 radical (unpaired) electrons. The number of aromatic nitrogens is 12. The van der Waals surface area contributed by atoms with Crippen LogP contribution in [0.5, 0.6) is 0 Å². The highest BCUT2D eigenvalue weighted by molar-refractivity contribution is 6.56. The lowest BCUT2D eigenvalue weighted by atomic mass is 9.90. The fraction of sp³-hybridized carbons (Fsp3) is 0.200. The van der Waals surface area contributed by atoms with E-state index < -0.39 is 74.3 Å². The number of hydrogen-bond donors (Lipinski definition) is 7. The van der Waals surface area contributed by atoms with Gasteiger partial charge in [0.15, 0.2) is 0 Å². The first-order valence-electron chi connectivity index (χ1n) is 38.2. The lowest BCUT2D eigenvalue weighted by molar-refractivity contribution is -0.384. The van der Waals surface area contributed by atoms with Gasteiger partial charge >= 0.3 is 0 Å². The third kappa shape index (κ3) is 15.1. The van der Waals surface area contributed by atoms with Crippen LogP contribution in [0, 0.1) is 15.5 Å². The van der Waals surface area contributed by atoms with Gasteiger partial charge in [-0.1, -0.05) is 183 Å². The highest BCUT2D eigenvalue weighted by Crippen LogP contribution is 2.43. The van der Waals surface area contributed by atoms with Crippen LogP contribution < -0.4 is 5.73 Å². The Balaban J connectivity index is 0.000000112. The second-order valence-electron chi connectivity index (χ2n) is 31.4. The summed E-state index contributed by atoms with van der Waals surface area (Å²) in [6.45, 7) is 18.0. The van der Waals surface area contributed by atoms with E-state index in [9.17, 15) is 67.6 Å². The van der Waals surface area contributed by atoms with E-state index >= 15 is 0 Å². The van der Waals surface area contributed by atoms with Crippen molar-refractivity contribution in [2.24, 2.45) is 5.41 Å². The number of carbonyl (C=O) groups is 12. The molecule has 7 aromatic carbocycles. The second kappa shape index (κ2) is 31.2. The number of halogens is 1. The predicted octanol–water partition coefficient (Wildman–Crippen LogP) is 16.3. The topological polar surface area (TPSA) is 446 Å². The predicted molar refractivity (Wildman–Crippen MR) is 439 cm³/mol. The molecule has 6 heterocycles. The minimum atomic E-state index is -0.750. The number of benzene rings is 7. The summed E-state index contributed by atoms with van der Waals surface area (Å²) in [7, 11) is 0. The van der Waals surface area contributed by atoms with Gasteiger partial charge in [0, 0.05) is 126 Å². The Kier molecular flexibility index (Phi) is 20.8. The summed E-state index contributed by atoms with van der Waals surface area (Å²) < 4.78 is 0. The van der Waals surface area contributed by atoms with Crippen molar-refractivity contribution < 1.29 is 62.5 Å². The lowest BCUT2D eigenvalue weighted by Crippen LogP contribution is -2.21. The molecule has 13 aromatic rings. The number of rotatable bonds is 8. The van der Waals surface area contributed by atoms with E-state index in [2.05, 4.69) is 80.6 Å². The number of Topliss-reactive ketones (excluding diaryl/α,β-unsaturated/α-hetero) is 12. The van der Waals surface area contributed by atoms with E-state index in [0.29, 0.717) is 142 Å². The molecule has 1 saturated carbocycles. The van der Waals surface area contributed by atoms with Crippen LogP contribution in [0.1, 0.15) is 264 Å². The molecule has 29 heteroatoms. The second-order valence-corrected chi connectivity index (χ2v) is 31.8. The van der Waals surface area contributed by atoms with E-state index in [1.54, 1.807) is 60.7 Å². The Bertz CT molecular complexity index is 6440. The van der Waals surface area contributed by atoms with Gasteiger partial charge in [0.05, 0.1) is 4.92 Å². The number of aromatic amines is 6. The van der Waals surface area contributed by atoms with Crippen molar-refractivity contribution in [3.63, 3.8) is 0 Å². The van der Waals surface area contributed by atoms with E-state index in [1.807, 2.05) is 108 Å². The molecule has 0 saturated heterocycles. The Morgan fingerprint density at radius 2 is 0.706 bits per heavy atom. The van der Waals surface area contributed by atoms with Crippen LogP contribution in [-0.2, 0) is 12.8 Å². The number of non-ortho nitro benzene ring substituents is 1. The van der Waals surface area contributed by atoms with Crippen molar-refractivity contribution in [2.45, 2.75) is 112 Å². The molecule has 20 rings (SSSR count). The maximum absolute atomic E-state index is 12.2. The summed E-state index contributed by atoms with van der Waals surface area (Å²) in [5.41, 5.74) is 18.1. The van der Waals surface area contributed by atoms with Gasteiger partial charge in [-0.2, -0.15) is 0 Å². The molecule has 1 fully saturated rings. The average Bonchev–Trinajstić information content (AvgIpc) is 1.66. The zero-order valence-corrected chi connectivity index (χ0v) is 66.2. The van der Waals surface area contributed by atoms with Gasteiger partial charge in [0.2, 0.25) is 34.7 Å². The summed E-state index contributed by atoms with van der Waals surface area (Å²) >= 11 is 5.88. The monoisotopic (exact) mass is 1610 g/mol. The molecule has 0 spiro atoms. The molecule has 6 aromatic heterocycles. The molecule has 0 atom stereocenters. The van der Waals surface area contributed by atoms with E-state index in [0.717, 1.165) is 59.2 Å². The van der Waals surface area contributed by atoms with Crippen LogP contribution in [0.3, 0.4) is 0 Å². The van der Waals surface area contributed by atoms with Crippen molar-refractivity contribution >= 4 is 92.4 Å². The third-order valence-corrected chi connectivity index (χ3v) is 20.8. The number of nitrogens with zero attached hydrogens (tertiary/aromatic N) is 7. The highest BCUT2D eigenvalue weighted by Gasteiger charge is 2.41. The smallest absolute Gasteiger partial charge is 0.270 e. The quantitative estimate of drug-likeness (QED) is 0.0321. The van der Waals surface area contributed by atoms with Crippen LogP contribution in [0.2, 0.25) is 5.02 Å². The SMILES string of the molecule is CC(C)(C)Cc1nc2c([nH]1)C(=O)C(=O)c1ccccc1-2.CC(C)c1nc2c([nH]1)C(=O)C(=O)c1cc(Cl)ccc1-2.CC(C)c1nc2c([nH]1)C(=O)C(=O)c1cc(N)ccc1-2.CC(C)c1nc2c([nH]1)C(=O)C(=O)c1cc([N+](=O)[O-])ccc1-2.O=C1C(=O)c2[nH]c(C3CC3)nc2-c2ccccc21.O=C1C(=O)c2[nH]c(Cc3ccccc3)nc2-c2ccccc21.